The summed E-state index contributed by atoms with van der Waals surface area (Å²) in [5.41, 5.74) is 1.37. The largest absolute Gasteiger partial charge is 0.343 e. The fourth-order valence-corrected chi connectivity index (χ4v) is 1.78. The van der Waals surface area contributed by atoms with Crippen LogP contribution in [0.3, 0.4) is 0 Å². The maximum Gasteiger partial charge on any atom is 0.251 e. The molecule has 0 aliphatic rings. The van der Waals surface area contributed by atoms with Crippen molar-refractivity contribution < 1.29 is 9.59 Å². The van der Waals surface area contributed by atoms with E-state index in [1.165, 1.54) is 0 Å². The van der Waals surface area contributed by atoms with Crippen molar-refractivity contribution in [1.29, 1.82) is 0 Å². The quantitative estimate of drug-likeness (QED) is 0.789. The van der Waals surface area contributed by atoms with Gasteiger partial charge in [-0.2, -0.15) is 5.10 Å². The first kappa shape index (κ1) is 15.1. The molecule has 0 aliphatic heterocycles. The summed E-state index contributed by atoms with van der Waals surface area (Å²) in [4.78, 5) is 23.5. The van der Waals surface area contributed by atoms with Gasteiger partial charge in [-0.25, -0.2) is 0 Å². The molecule has 0 bridgehead atoms. The molecule has 6 nitrogen and oxygen atoms in total. The summed E-state index contributed by atoms with van der Waals surface area (Å²) in [6, 6.07) is 8.17. The number of nitrogens with zero attached hydrogens (tertiary/aromatic N) is 1. The average molecular weight is 307 g/mol. The van der Waals surface area contributed by atoms with E-state index >= 15 is 0 Å². The van der Waals surface area contributed by atoms with Gasteiger partial charge in [-0.1, -0.05) is 18.5 Å². The molecule has 0 radical (unpaired) electrons. The van der Waals surface area contributed by atoms with Gasteiger partial charge in [-0.15, -0.1) is 0 Å². The molecule has 0 aliphatic carbocycles. The molecule has 1 aromatic carbocycles. The Morgan fingerprint density at radius 3 is 2.62 bits per heavy atom. The number of nitrogens with one attached hydrogen (secondary N) is 3. The molecule has 0 atom stereocenters. The van der Waals surface area contributed by atoms with Crippen LogP contribution in [-0.2, 0) is 11.2 Å². The predicted octanol–water partition coefficient (Wildman–Crippen LogP) is 1.99. The van der Waals surface area contributed by atoms with Gasteiger partial charge < -0.3 is 10.6 Å². The number of amides is 2. The first-order valence-electron chi connectivity index (χ1n) is 6.46. The number of rotatable bonds is 5. The minimum atomic E-state index is -0.341. The summed E-state index contributed by atoms with van der Waals surface area (Å²) in [6.45, 7) is 1.85. The van der Waals surface area contributed by atoms with E-state index in [1.54, 1.807) is 30.3 Å². The topological polar surface area (TPSA) is 86.9 Å². The van der Waals surface area contributed by atoms with E-state index in [-0.39, 0.29) is 18.4 Å². The van der Waals surface area contributed by atoms with Gasteiger partial charge in [0, 0.05) is 22.3 Å². The lowest BCUT2D eigenvalue weighted by Gasteiger charge is -2.05. The van der Waals surface area contributed by atoms with Crippen molar-refractivity contribution in [3.63, 3.8) is 0 Å². The number of carbonyl (C=O) groups excluding carboxylic acids is 2. The van der Waals surface area contributed by atoms with Crippen LogP contribution in [0.5, 0.6) is 0 Å². The van der Waals surface area contributed by atoms with Gasteiger partial charge in [0.2, 0.25) is 5.91 Å². The van der Waals surface area contributed by atoms with Crippen LogP contribution >= 0.6 is 11.6 Å². The third-order valence-electron chi connectivity index (χ3n) is 2.80. The maximum absolute atomic E-state index is 11.8. The summed E-state index contributed by atoms with van der Waals surface area (Å²) in [5.74, 6) is -0.234. The van der Waals surface area contributed by atoms with Crippen LogP contribution in [0.15, 0.2) is 30.3 Å². The van der Waals surface area contributed by atoms with Crippen molar-refractivity contribution in [2.75, 3.05) is 11.9 Å². The fourth-order valence-electron chi connectivity index (χ4n) is 1.66. The highest BCUT2D eigenvalue weighted by Crippen LogP contribution is 2.09. The highest BCUT2D eigenvalue weighted by molar-refractivity contribution is 6.30. The fraction of sp³-hybridized carbons (Fsp3) is 0.214. The molecule has 3 N–H and O–H groups in total. The number of hydrogen-bond donors (Lipinski definition) is 3. The monoisotopic (exact) mass is 306 g/mol. The number of aromatic nitrogens is 2. The number of aromatic amines is 1. The SMILES string of the molecule is CCc1cc(NC(=O)CNC(=O)c2ccc(Cl)cc2)n[nH]1. The number of benzene rings is 1. The van der Waals surface area contributed by atoms with E-state index in [0.717, 1.165) is 12.1 Å². The molecule has 0 saturated carbocycles. The standard InChI is InChI=1S/C14H15ClN4O2/c1-2-11-7-12(19-18-11)17-13(20)8-16-14(21)9-3-5-10(15)6-4-9/h3-7H,2,8H2,1H3,(H,16,21)(H2,17,18,19,20). The van der Waals surface area contributed by atoms with Gasteiger partial charge >= 0.3 is 0 Å². The van der Waals surface area contributed by atoms with Crippen LogP contribution in [0, 0.1) is 0 Å². The van der Waals surface area contributed by atoms with Gasteiger partial charge in [0.1, 0.15) is 0 Å². The first-order chi connectivity index (χ1) is 10.1. The lowest BCUT2D eigenvalue weighted by molar-refractivity contribution is -0.115. The van der Waals surface area contributed by atoms with E-state index in [4.69, 9.17) is 11.6 Å². The number of H-pyrrole nitrogens is 1. The molecular formula is C14H15ClN4O2. The molecular weight excluding hydrogens is 292 g/mol. The molecule has 110 valence electrons. The molecule has 0 unspecified atom stereocenters. The minimum absolute atomic E-state index is 0.129. The summed E-state index contributed by atoms with van der Waals surface area (Å²) in [6.07, 6.45) is 0.802. The van der Waals surface area contributed by atoms with E-state index in [2.05, 4.69) is 20.8 Å². The number of carbonyl (C=O) groups is 2. The minimum Gasteiger partial charge on any atom is -0.343 e. The van der Waals surface area contributed by atoms with Crippen molar-refractivity contribution in [2.24, 2.45) is 0 Å². The van der Waals surface area contributed by atoms with Gasteiger partial charge in [0.05, 0.1) is 6.54 Å². The molecule has 1 aromatic heterocycles. The van der Waals surface area contributed by atoms with Crippen LogP contribution in [0.25, 0.3) is 0 Å². The lowest BCUT2D eigenvalue weighted by atomic mass is 10.2. The second kappa shape index (κ2) is 6.90. The number of hydrogen-bond acceptors (Lipinski definition) is 3. The average Bonchev–Trinajstić information content (AvgIpc) is 2.93. The predicted molar refractivity (Wildman–Crippen MR) is 80.4 cm³/mol. The summed E-state index contributed by atoms with van der Waals surface area (Å²) in [7, 11) is 0. The summed E-state index contributed by atoms with van der Waals surface area (Å²) < 4.78 is 0. The summed E-state index contributed by atoms with van der Waals surface area (Å²) >= 11 is 5.74. The number of aryl methyl sites for hydroxylation is 1. The van der Waals surface area contributed by atoms with E-state index in [9.17, 15) is 9.59 Å². The van der Waals surface area contributed by atoms with Crippen LogP contribution in [0.4, 0.5) is 5.82 Å². The van der Waals surface area contributed by atoms with Crippen molar-refractivity contribution in [1.82, 2.24) is 15.5 Å². The molecule has 2 aromatic rings. The molecule has 2 rings (SSSR count). The van der Waals surface area contributed by atoms with Crippen LogP contribution in [0.2, 0.25) is 5.02 Å². The Kier molecular flexibility index (Phi) is 4.94. The molecule has 0 spiro atoms. The number of halogens is 1. The Morgan fingerprint density at radius 1 is 1.29 bits per heavy atom. The molecule has 0 saturated heterocycles. The Bertz CT molecular complexity index is 637. The third kappa shape index (κ3) is 4.32. The zero-order valence-electron chi connectivity index (χ0n) is 11.4. The normalized spacial score (nSPS) is 10.2. The van der Waals surface area contributed by atoms with E-state index < -0.39 is 0 Å². The van der Waals surface area contributed by atoms with Crippen molar-refractivity contribution >= 4 is 29.2 Å². The molecule has 2 amide bonds. The van der Waals surface area contributed by atoms with Gasteiger partial charge in [-0.3, -0.25) is 14.7 Å². The second-order valence-electron chi connectivity index (χ2n) is 4.37. The molecule has 7 heteroatoms. The van der Waals surface area contributed by atoms with Gasteiger partial charge in [0.25, 0.3) is 5.91 Å². The van der Waals surface area contributed by atoms with E-state index in [0.29, 0.717) is 16.4 Å². The van der Waals surface area contributed by atoms with Gasteiger partial charge in [0.15, 0.2) is 5.82 Å². The van der Waals surface area contributed by atoms with Crippen LogP contribution < -0.4 is 10.6 Å². The highest BCUT2D eigenvalue weighted by Gasteiger charge is 2.09. The van der Waals surface area contributed by atoms with Crippen LogP contribution in [-0.4, -0.2) is 28.6 Å². The Morgan fingerprint density at radius 2 is 2.00 bits per heavy atom. The van der Waals surface area contributed by atoms with Crippen molar-refractivity contribution in [2.45, 2.75) is 13.3 Å². The third-order valence-corrected chi connectivity index (χ3v) is 3.05. The maximum atomic E-state index is 11.8. The molecule has 0 fully saturated rings. The Balaban J connectivity index is 1.83. The smallest absolute Gasteiger partial charge is 0.251 e. The number of anilines is 1. The Labute approximate surface area is 126 Å². The van der Waals surface area contributed by atoms with Crippen molar-refractivity contribution in [3.05, 3.63) is 46.6 Å². The zero-order chi connectivity index (χ0) is 15.2. The van der Waals surface area contributed by atoms with Gasteiger partial charge in [-0.05, 0) is 30.7 Å². The first-order valence-corrected chi connectivity index (χ1v) is 6.84. The molecule has 21 heavy (non-hydrogen) atoms. The van der Waals surface area contributed by atoms with Crippen LogP contribution in [0.1, 0.15) is 23.0 Å². The lowest BCUT2D eigenvalue weighted by Crippen LogP contribution is -2.32. The highest BCUT2D eigenvalue weighted by atomic mass is 35.5. The van der Waals surface area contributed by atoms with Crippen molar-refractivity contribution in [3.8, 4) is 0 Å². The second-order valence-corrected chi connectivity index (χ2v) is 4.81. The molecule has 1 heterocycles. The zero-order valence-corrected chi connectivity index (χ0v) is 12.2. The van der Waals surface area contributed by atoms with E-state index in [1.807, 2.05) is 6.92 Å². The summed E-state index contributed by atoms with van der Waals surface area (Å²) in [5, 5.41) is 12.4. The Hall–Kier alpha value is -2.34.